The first kappa shape index (κ1) is 52.7. The predicted octanol–water partition coefficient (Wildman–Crippen LogP) is 4.21. The molecule has 0 spiro atoms. The van der Waals surface area contributed by atoms with Gasteiger partial charge < -0.3 is 35.5 Å². The molecule has 0 aromatic carbocycles. The summed E-state index contributed by atoms with van der Waals surface area (Å²) in [6.07, 6.45) is 9.38. The predicted molar refractivity (Wildman–Crippen MR) is 246 cm³/mol. The fourth-order valence-corrected chi connectivity index (χ4v) is 9.28. The first-order valence-electron chi connectivity index (χ1n) is 23.0. The van der Waals surface area contributed by atoms with Crippen LogP contribution in [0.2, 0.25) is 0 Å². The Bertz CT molecular complexity index is 1320. The summed E-state index contributed by atoms with van der Waals surface area (Å²) in [6.45, 7) is 30.0. The Morgan fingerprint density at radius 2 is 1.00 bits per heavy atom. The van der Waals surface area contributed by atoms with Gasteiger partial charge in [-0.25, -0.2) is 4.79 Å². The Kier molecular flexibility index (Phi) is 22.7. The van der Waals surface area contributed by atoms with Crippen molar-refractivity contribution in [2.24, 2.45) is 0 Å². The van der Waals surface area contributed by atoms with E-state index in [2.05, 4.69) is 42.5 Å². The molecule has 16 heteroatoms. The van der Waals surface area contributed by atoms with Gasteiger partial charge >= 0.3 is 23.9 Å². The van der Waals surface area contributed by atoms with Gasteiger partial charge in [0.05, 0.1) is 31.7 Å². The summed E-state index contributed by atoms with van der Waals surface area (Å²) in [5.74, 6) is 0.160. The second kappa shape index (κ2) is 26.2. The molecule has 3 heterocycles. The van der Waals surface area contributed by atoms with E-state index in [1.165, 1.54) is 38.5 Å². The van der Waals surface area contributed by atoms with Crippen LogP contribution in [0, 0.1) is 0 Å². The van der Waals surface area contributed by atoms with Gasteiger partial charge in [-0.2, -0.15) is 11.8 Å². The van der Waals surface area contributed by atoms with E-state index in [4.69, 9.17) is 14.2 Å². The van der Waals surface area contributed by atoms with Gasteiger partial charge in [-0.3, -0.25) is 34.0 Å². The lowest BCUT2D eigenvalue weighted by Crippen LogP contribution is -2.49. The molecule has 3 atom stereocenters. The fourth-order valence-electron chi connectivity index (χ4n) is 7.74. The van der Waals surface area contributed by atoms with Gasteiger partial charge in [-0.1, -0.05) is 32.3 Å². The third kappa shape index (κ3) is 24.1. The Morgan fingerprint density at radius 3 is 1.43 bits per heavy atom. The molecule has 0 aromatic heterocycles. The SMILES string of the molecule is C=C(CN1CCN(CC(=O)OC(C)(C)C)CCN(CC(=O)OC(C)(C)C)CCN(CC(=O)OC(C)(C)C)CC1)NCCCCCCNCCCCC[C@@H]1SC[C@@H]2NC(=O)N[C@@H]21. The van der Waals surface area contributed by atoms with Crippen molar-refractivity contribution in [2.45, 2.75) is 148 Å². The molecular formula is C45H84N8O7S. The Labute approximate surface area is 372 Å². The number of unbranched alkanes of at least 4 members (excludes halogenated alkanes) is 5. The third-order valence-corrected chi connectivity index (χ3v) is 12.1. The van der Waals surface area contributed by atoms with Crippen LogP contribution < -0.4 is 21.3 Å². The second-order valence-electron chi connectivity index (χ2n) is 20.0. The average Bonchev–Trinajstić information content (AvgIpc) is 3.67. The van der Waals surface area contributed by atoms with Gasteiger partial charge in [0.1, 0.15) is 16.8 Å². The molecule has 352 valence electrons. The number of hydrogen-bond acceptors (Lipinski definition) is 14. The number of fused-ring (bicyclic) bond motifs is 1. The molecule has 0 bridgehead atoms. The van der Waals surface area contributed by atoms with E-state index in [1.54, 1.807) is 0 Å². The molecular weight excluding hydrogens is 797 g/mol. The van der Waals surface area contributed by atoms with Crippen LogP contribution in [-0.2, 0) is 28.6 Å². The smallest absolute Gasteiger partial charge is 0.320 e. The zero-order valence-electron chi connectivity index (χ0n) is 39.5. The highest BCUT2D eigenvalue weighted by molar-refractivity contribution is 8.00. The van der Waals surface area contributed by atoms with Crippen molar-refractivity contribution in [1.82, 2.24) is 40.9 Å². The Balaban J connectivity index is 1.45. The van der Waals surface area contributed by atoms with E-state index >= 15 is 0 Å². The lowest BCUT2D eigenvalue weighted by Gasteiger charge is -2.34. The van der Waals surface area contributed by atoms with Gasteiger partial charge in [0.15, 0.2) is 0 Å². The first-order valence-corrected chi connectivity index (χ1v) is 24.0. The number of rotatable bonds is 22. The summed E-state index contributed by atoms with van der Waals surface area (Å²) >= 11 is 2.00. The number of nitrogens with one attached hydrogen (secondary N) is 4. The van der Waals surface area contributed by atoms with Crippen LogP contribution in [0.5, 0.6) is 0 Å². The van der Waals surface area contributed by atoms with Crippen molar-refractivity contribution in [3.63, 3.8) is 0 Å². The van der Waals surface area contributed by atoms with E-state index < -0.39 is 16.8 Å². The van der Waals surface area contributed by atoms with E-state index in [0.717, 1.165) is 43.9 Å². The maximum atomic E-state index is 13.0. The summed E-state index contributed by atoms with van der Waals surface area (Å²) in [5.41, 5.74) is -0.837. The van der Waals surface area contributed by atoms with Crippen molar-refractivity contribution >= 4 is 35.7 Å². The normalized spacial score (nSPS) is 21.7. The van der Waals surface area contributed by atoms with E-state index in [-0.39, 0.29) is 43.6 Å². The minimum atomic E-state index is -0.605. The van der Waals surface area contributed by atoms with Crippen molar-refractivity contribution in [3.8, 4) is 0 Å². The van der Waals surface area contributed by atoms with Gasteiger partial charge in [0.25, 0.3) is 0 Å². The molecule has 0 aliphatic carbocycles. The summed E-state index contributed by atoms with van der Waals surface area (Å²) in [7, 11) is 0. The molecule has 0 unspecified atom stereocenters. The highest BCUT2D eigenvalue weighted by Gasteiger charge is 2.42. The molecule has 0 aromatic rings. The van der Waals surface area contributed by atoms with Crippen molar-refractivity contribution < 1.29 is 33.4 Å². The molecule has 3 aliphatic heterocycles. The maximum Gasteiger partial charge on any atom is 0.320 e. The van der Waals surface area contributed by atoms with Gasteiger partial charge in [0, 0.05) is 82.1 Å². The van der Waals surface area contributed by atoms with Crippen molar-refractivity contribution in [3.05, 3.63) is 12.3 Å². The maximum absolute atomic E-state index is 13.0. The number of carbonyl (C=O) groups excluding carboxylic acids is 4. The zero-order valence-corrected chi connectivity index (χ0v) is 40.3. The summed E-state index contributed by atoms with van der Waals surface area (Å²) < 4.78 is 17.1. The molecule has 61 heavy (non-hydrogen) atoms. The minimum absolute atomic E-state index is 0.00493. The largest absolute Gasteiger partial charge is 0.459 e. The van der Waals surface area contributed by atoms with Crippen molar-refractivity contribution in [2.75, 3.05) is 104 Å². The van der Waals surface area contributed by atoms with Gasteiger partial charge in [-0.05, 0) is 101 Å². The molecule has 0 saturated carbocycles. The van der Waals surface area contributed by atoms with E-state index in [9.17, 15) is 19.2 Å². The first-order chi connectivity index (χ1) is 28.6. The lowest BCUT2D eigenvalue weighted by atomic mass is 10.0. The summed E-state index contributed by atoms with van der Waals surface area (Å²) in [5, 5.41) is 13.8. The van der Waals surface area contributed by atoms with Gasteiger partial charge in [-0.15, -0.1) is 0 Å². The number of hydrogen-bond donors (Lipinski definition) is 4. The number of carbonyl (C=O) groups is 4. The monoisotopic (exact) mass is 881 g/mol. The Morgan fingerprint density at radius 1 is 0.607 bits per heavy atom. The standard InChI is InChI=1S/C45H84N8O7S/c1-35(47-21-17-12-11-15-19-46-20-16-13-14-18-37-41-36(34-61-37)48-42(57)49-41)30-50-22-24-51(31-38(54)58-43(2,3)4)26-28-53(33-40(56)60-45(8,9)10)29-27-52(25-23-50)32-39(55)59-44(5,6)7/h36-37,41,46-47H,1,11-34H2,2-10H3,(H2,48,49,57)/t36-,37-,41-/m0/s1. The number of thioether (sulfide) groups is 1. The topological polar surface area (TPSA) is 157 Å². The summed E-state index contributed by atoms with van der Waals surface area (Å²) in [4.78, 5) is 59.2. The number of amides is 2. The van der Waals surface area contributed by atoms with Crippen LogP contribution in [-0.4, -0.2) is 182 Å². The second-order valence-corrected chi connectivity index (χ2v) is 21.3. The van der Waals surface area contributed by atoms with Gasteiger partial charge in [0.2, 0.25) is 0 Å². The van der Waals surface area contributed by atoms with Crippen LogP contribution in [0.3, 0.4) is 0 Å². The number of esters is 3. The third-order valence-electron chi connectivity index (χ3n) is 10.6. The Hall–Kier alpha value is -2.63. The van der Waals surface area contributed by atoms with E-state index in [0.29, 0.717) is 76.2 Å². The highest BCUT2D eigenvalue weighted by atomic mass is 32.2. The van der Waals surface area contributed by atoms with E-state index in [1.807, 2.05) is 79.0 Å². The molecule has 4 N–H and O–H groups in total. The lowest BCUT2D eigenvalue weighted by molar-refractivity contribution is -0.158. The van der Waals surface area contributed by atoms with Crippen LogP contribution in [0.1, 0.15) is 114 Å². The molecule has 3 fully saturated rings. The molecule has 2 amide bonds. The van der Waals surface area contributed by atoms with Crippen LogP contribution in [0.4, 0.5) is 4.79 Å². The molecule has 0 radical (unpaired) electrons. The molecule has 15 nitrogen and oxygen atoms in total. The zero-order chi connectivity index (χ0) is 45.1. The quantitative estimate of drug-likeness (QED) is 0.0531. The summed E-state index contributed by atoms with van der Waals surface area (Å²) in [6, 6.07) is 0.611. The number of urea groups is 1. The van der Waals surface area contributed by atoms with Crippen LogP contribution in [0.15, 0.2) is 12.3 Å². The molecule has 3 saturated heterocycles. The molecule has 3 aliphatic rings. The minimum Gasteiger partial charge on any atom is -0.459 e. The fraction of sp³-hybridized carbons (Fsp3) is 0.867. The average molecular weight is 881 g/mol. The van der Waals surface area contributed by atoms with Crippen LogP contribution in [0.25, 0.3) is 0 Å². The highest BCUT2D eigenvalue weighted by Crippen LogP contribution is 2.33. The number of nitrogens with zero attached hydrogens (tertiary/aromatic N) is 4. The number of ether oxygens (including phenoxy) is 3. The molecule has 3 rings (SSSR count). The van der Waals surface area contributed by atoms with Crippen LogP contribution >= 0.6 is 11.8 Å². The van der Waals surface area contributed by atoms with Crippen molar-refractivity contribution in [1.29, 1.82) is 0 Å².